The maximum absolute atomic E-state index is 6.83. The largest absolute Gasteiger partial charge is 0.456 e. The average Bonchev–Trinajstić information content (AvgIpc) is 3.70. The minimum Gasteiger partial charge on any atom is -0.456 e. The van der Waals surface area contributed by atoms with E-state index in [0.29, 0.717) is 17.5 Å². The van der Waals surface area contributed by atoms with E-state index in [1.54, 1.807) is 0 Å². The molecule has 3 heterocycles. The first kappa shape index (κ1) is 36.5. The Labute approximate surface area is 361 Å². The molecule has 5 nitrogen and oxygen atoms in total. The molecule has 0 amide bonds. The molecule has 0 saturated carbocycles. The number of aromatic nitrogens is 3. The van der Waals surface area contributed by atoms with Gasteiger partial charge in [0.15, 0.2) is 17.5 Å². The van der Waals surface area contributed by atoms with Crippen LogP contribution in [0.1, 0.15) is 38.8 Å². The van der Waals surface area contributed by atoms with Crippen LogP contribution in [0.3, 0.4) is 0 Å². The van der Waals surface area contributed by atoms with Crippen LogP contribution in [0.15, 0.2) is 204 Å². The van der Waals surface area contributed by atoms with Gasteiger partial charge < -0.3 is 9.32 Å². The first-order valence-corrected chi connectivity index (χ1v) is 21.6. The van der Waals surface area contributed by atoms with Gasteiger partial charge in [0.05, 0.1) is 5.54 Å². The molecule has 5 heteroatoms. The van der Waals surface area contributed by atoms with Crippen LogP contribution in [0.5, 0.6) is 0 Å². The third-order valence-corrected chi connectivity index (χ3v) is 14.0. The van der Waals surface area contributed by atoms with Crippen LogP contribution in [-0.2, 0) is 10.8 Å². The standard InChI is InChI=1S/C57H44N4O/c1-36-30-31-56(3)45-23-13-14-24-46(45)61(42-20-9-6-10-21-42)57(4)33-32-55(2,50(36)51(56)57)41-28-29-43-48(35-41)62-47-25-15-22-44(49(43)47)54-59-52(38-17-7-5-8-18-38)58-53(60-54)40-27-26-37-16-11-12-19-39(37)34-40/h5-36H,1-4H3. The lowest BCUT2D eigenvalue weighted by Crippen LogP contribution is -2.58. The van der Waals surface area contributed by atoms with Gasteiger partial charge in [-0.25, -0.2) is 15.0 Å². The van der Waals surface area contributed by atoms with Crippen molar-refractivity contribution in [2.45, 2.75) is 44.1 Å². The molecule has 4 atom stereocenters. The summed E-state index contributed by atoms with van der Waals surface area (Å²) in [4.78, 5) is 17.9. The molecule has 4 unspecified atom stereocenters. The van der Waals surface area contributed by atoms with Crippen LogP contribution in [-0.4, -0.2) is 20.5 Å². The molecule has 298 valence electrons. The minimum absolute atomic E-state index is 0.215. The van der Waals surface area contributed by atoms with Crippen molar-refractivity contribution in [1.82, 2.24) is 15.0 Å². The lowest BCUT2D eigenvalue weighted by atomic mass is 9.52. The monoisotopic (exact) mass is 800 g/mol. The number of furan rings is 1. The molecule has 1 aliphatic heterocycles. The number of para-hydroxylation sites is 2. The third kappa shape index (κ3) is 5.24. The summed E-state index contributed by atoms with van der Waals surface area (Å²) in [5.41, 5.74) is 11.2. The summed E-state index contributed by atoms with van der Waals surface area (Å²) >= 11 is 0. The third-order valence-electron chi connectivity index (χ3n) is 14.0. The number of allylic oxidation sites excluding steroid dienone is 4. The van der Waals surface area contributed by atoms with E-state index in [9.17, 15) is 0 Å². The normalized spacial score (nSPS) is 22.6. The minimum atomic E-state index is -0.404. The van der Waals surface area contributed by atoms with E-state index >= 15 is 0 Å². The SMILES string of the molecule is CC1C=CC2(C)C3=C1C(C)(c1ccc4c(c1)oc1cccc(-c5nc(-c6ccccc6)nc(-c6ccc7ccccc7c6)n5)c14)C=CC3(C)N(c1ccccc1)c1ccccc12. The van der Waals surface area contributed by atoms with Crippen molar-refractivity contribution in [2.75, 3.05) is 4.90 Å². The van der Waals surface area contributed by atoms with Crippen LogP contribution in [0.2, 0.25) is 0 Å². The Hall–Kier alpha value is -7.37. The molecule has 0 spiro atoms. The number of rotatable bonds is 5. The van der Waals surface area contributed by atoms with Gasteiger partial charge in [0.2, 0.25) is 0 Å². The highest BCUT2D eigenvalue weighted by atomic mass is 16.3. The van der Waals surface area contributed by atoms with Crippen molar-refractivity contribution in [3.8, 4) is 34.2 Å². The zero-order valence-electron chi connectivity index (χ0n) is 35.2. The van der Waals surface area contributed by atoms with Gasteiger partial charge >= 0.3 is 0 Å². The van der Waals surface area contributed by atoms with E-state index < -0.39 is 11.0 Å². The molecule has 12 rings (SSSR count). The summed E-state index contributed by atoms with van der Waals surface area (Å²) in [5, 5.41) is 4.34. The molecule has 7 aromatic carbocycles. The number of hydrogen-bond acceptors (Lipinski definition) is 5. The summed E-state index contributed by atoms with van der Waals surface area (Å²) in [6, 6.07) is 57.8. The predicted octanol–water partition coefficient (Wildman–Crippen LogP) is 14.1. The highest BCUT2D eigenvalue weighted by molar-refractivity contribution is 6.12. The highest BCUT2D eigenvalue weighted by Crippen LogP contribution is 2.62. The Balaban J connectivity index is 1.02. The van der Waals surface area contributed by atoms with E-state index in [1.165, 1.54) is 39.0 Å². The first-order valence-electron chi connectivity index (χ1n) is 21.6. The number of hydrogen-bond donors (Lipinski definition) is 0. The molecule has 0 bridgehead atoms. The highest BCUT2D eigenvalue weighted by Gasteiger charge is 2.56. The van der Waals surface area contributed by atoms with E-state index in [0.717, 1.165) is 44.0 Å². The molecular formula is C57H44N4O. The van der Waals surface area contributed by atoms with Crippen molar-refractivity contribution >= 4 is 44.1 Å². The van der Waals surface area contributed by atoms with Crippen molar-refractivity contribution in [3.05, 3.63) is 210 Å². The zero-order valence-corrected chi connectivity index (χ0v) is 35.2. The summed E-state index contributed by atoms with van der Waals surface area (Å²) < 4.78 is 6.83. The van der Waals surface area contributed by atoms with Gasteiger partial charge in [-0.05, 0) is 96.1 Å². The molecule has 0 saturated heterocycles. The average molecular weight is 801 g/mol. The maximum atomic E-state index is 6.83. The van der Waals surface area contributed by atoms with Crippen LogP contribution >= 0.6 is 0 Å². The summed E-state index contributed by atoms with van der Waals surface area (Å²) in [6.07, 6.45) is 9.83. The molecule has 0 radical (unpaired) electrons. The number of anilines is 2. The van der Waals surface area contributed by atoms with Gasteiger partial charge in [-0.1, -0.05) is 159 Å². The Kier molecular flexibility index (Phi) is 7.83. The Morgan fingerprint density at radius 2 is 1.26 bits per heavy atom. The van der Waals surface area contributed by atoms with Crippen molar-refractivity contribution in [2.24, 2.45) is 5.92 Å². The lowest BCUT2D eigenvalue weighted by molar-refractivity contribution is 0.441. The first-order chi connectivity index (χ1) is 30.2. The van der Waals surface area contributed by atoms with Gasteiger partial charge in [0, 0.05) is 49.7 Å². The second-order valence-electron chi connectivity index (χ2n) is 17.7. The van der Waals surface area contributed by atoms with E-state index in [4.69, 9.17) is 19.4 Å². The molecule has 3 aliphatic rings. The summed E-state index contributed by atoms with van der Waals surface area (Å²) in [5.74, 6) is 2.08. The maximum Gasteiger partial charge on any atom is 0.164 e. The fraction of sp³-hybridized carbons (Fsp3) is 0.140. The molecular weight excluding hydrogens is 757 g/mol. The van der Waals surface area contributed by atoms with Crippen LogP contribution in [0, 0.1) is 5.92 Å². The molecule has 0 N–H and O–H groups in total. The van der Waals surface area contributed by atoms with Crippen LogP contribution in [0.25, 0.3) is 66.9 Å². The predicted molar refractivity (Wildman–Crippen MR) is 254 cm³/mol. The smallest absolute Gasteiger partial charge is 0.164 e. The van der Waals surface area contributed by atoms with Crippen molar-refractivity contribution in [3.63, 3.8) is 0 Å². The number of benzene rings is 7. The molecule has 0 fully saturated rings. The second kappa shape index (κ2) is 13.3. The van der Waals surface area contributed by atoms with Gasteiger partial charge in [-0.15, -0.1) is 0 Å². The Bertz CT molecular complexity index is 3380. The van der Waals surface area contributed by atoms with Crippen LogP contribution < -0.4 is 4.90 Å². The number of nitrogens with zero attached hydrogens (tertiary/aromatic N) is 4. The van der Waals surface area contributed by atoms with Crippen molar-refractivity contribution in [1.29, 1.82) is 0 Å². The lowest BCUT2D eigenvalue weighted by Gasteiger charge is -2.59. The molecule has 2 aromatic heterocycles. The van der Waals surface area contributed by atoms with Crippen molar-refractivity contribution < 1.29 is 4.42 Å². The zero-order chi connectivity index (χ0) is 41.8. The quantitative estimate of drug-likeness (QED) is 0.162. The van der Waals surface area contributed by atoms with Gasteiger partial charge in [-0.3, -0.25) is 0 Å². The van der Waals surface area contributed by atoms with E-state index in [1.807, 2.05) is 24.3 Å². The molecule has 2 aliphatic carbocycles. The van der Waals surface area contributed by atoms with Crippen LogP contribution in [0.4, 0.5) is 11.4 Å². The molecule has 62 heavy (non-hydrogen) atoms. The van der Waals surface area contributed by atoms with E-state index in [2.05, 4.69) is 196 Å². The fourth-order valence-electron chi connectivity index (χ4n) is 11.1. The summed E-state index contributed by atoms with van der Waals surface area (Å²) in [6.45, 7) is 9.59. The topological polar surface area (TPSA) is 55.1 Å². The van der Waals surface area contributed by atoms with Gasteiger partial charge in [0.25, 0.3) is 0 Å². The molecule has 9 aromatic rings. The van der Waals surface area contributed by atoms with E-state index in [-0.39, 0.29) is 11.3 Å². The number of fused-ring (bicyclic) bond motifs is 6. The summed E-state index contributed by atoms with van der Waals surface area (Å²) in [7, 11) is 0. The Morgan fingerprint density at radius 1 is 0.548 bits per heavy atom. The Morgan fingerprint density at radius 3 is 2.08 bits per heavy atom. The fourth-order valence-corrected chi connectivity index (χ4v) is 11.1. The second-order valence-corrected chi connectivity index (χ2v) is 17.7. The van der Waals surface area contributed by atoms with Gasteiger partial charge in [-0.2, -0.15) is 0 Å². The van der Waals surface area contributed by atoms with Gasteiger partial charge in [0.1, 0.15) is 11.2 Å².